The highest BCUT2D eigenvalue weighted by atomic mass is 35.5. The molecule has 0 radical (unpaired) electrons. The summed E-state index contributed by atoms with van der Waals surface area (Å²) >= 11 is 6.10. The van der Waals surface area contributed by atoms with Crippen LogP contribution in [0.3, 0.4) is 0 Å². The zero-order chi connectivity index (χ0) is 16.6. The second-order valence-corrected chi connectivity index (χ2v) is 5.46. The molecule has 3 rings (SSSR count). The largest absolute Gasteiger partial charge is 0.402 e. The Morgan fingerprint density at radius 2 is 2.13 bits per heavy atom. The number of carbonyl (C=O) groups is 1. The molecular formula is C17H12ClN3O2. The highest BCUT2D eigenvalue weighted by Crippen LogP contribution is 2.25. The summed E-state index contributed by atoms with van der Waals surface area (Å²) in [4.78, 5) is 16.3. The average Bonchev–Trinajstić information content (AvgIpc) is 3.03. The fourth-order valence-corrected chi connectivity index (χ4v) is 2.50. The molecule has 0 spiro atoms. The summed E-state index contributed by atoms with van der Waals surface area (Å²) < 4.78 is 6.96. The molecule has 0 N–H and O–H groups in total. The maximum absolute atomic E-state index is 12.0. The Morgan fingerprint density at radius 3 is 2.78 bits per heavy atom. The van der Waals surface area contributed by atoms with Gasteiger partial charge in [0.05, 0.1) is 10.6 Å². The standard InChI is InChI=1S/C17H12ClN3O2/c1-10-11(7-12(9-19)21(10)2)8-15-17(22)23-16(20-15)13-5-3-4-6-14(13)18/h3-8H,1-2H3/b15-8+. The number of rotatable bonds is 2. The van der Waals surface area contributed by atoms with Crippen LogP contribution in [0.25, 0.3) is 6.08 Å². The summed E-state index contributed by atoms with van der Waals surface area (Å²) in [7, 11) is 1.79. The third-order valence-corrected chi connectivity index (χ3v) is 4.04. The number of hydrogen-bond donors (Lipinski definition) is 0. The van der Waals surface area contributed by atoms with Crippen molar-refractivity contribution in [1.82, 2.24) is 4.57 Å². The minimum absolute atomic E-state index is 0.179. The van der Waals surface area contributed by atoms with Gasteiger partial charge in [-0.1, -0.05) is 23.7 Å². The predicted octanol–water partition coefficient (Wildman–Crippen LogP) is 3.20. The Balaban J connectivity index is 2.03. The molecule has 0 fully saturated rings. The topological polar surface area (TPSA) is 67.4 Å². The normalized spacial score (nSPS) is 15.5. The minimum Gasteiger partial charge on any atom is -0.402 e. The first kappa shape index (κ1) is 15.1. The van der Waals surface area contributed by atoms with E-state index in [0.29, 0.717) is 16.3 Å². The summed E-state index contributed by atoms with van der Waals surface area (Å²) in [5.41, 5.74) is 2.87. The van der Waals surface area contributed by atoms with Crippen LogP contribution in [0.4, 0.5) is 0 Å². The number of cyclic esters (lactones) is 1. The lowest BCUT2D eigenvalue weighted by Crippen LogP contribution is -2.05. The van der Waals surface area contributed by atoms with Gasteiger partial charge in [0.15, 0.2) is 5.70 Å². The maximum atomic E-state index is 12.0. The molecule has 6 heteroatoms. The summed E-state index contributed by atoms with van der Waals surface area (Å²) in [6, 6.07) is 10.8. The zero-order valence-corrected chi connectivity index (χ0v) is 13.3. The van der Waals surface area contributed by atoms with Gasteiger partial charge in [-0.05, 0) is 36.8 Å². The fraction of sp³-hybridized carbons (Fsp3) is 0.118. The lowest BCUT2D eigenvalue weighted by atomic mass is 10.2. The second-order valence-electron chi connectivity index (χ2n) is 5.06. The van der Waals surface area contributed by atoms with Crippen molar-refractivity contribution in [1.29, 1.82) is 5.26 Å². The van der Waals surface area contributed by atoms with Crippen LogP contribution in [0.2, 0.25) is 5.02 Å². The van der Waals surface area contributed by atoms with E-state index < -0.39 is 5.97 Å². The van der Waals surface area contributed by atoms with E-state index in [2.05, 4.69) is 11.1 Å². The van der Waals surface area contributed by atoms with Gasteiger partial charge in [0, 0.05) is 12.7 Å². The molecule has 0 aliphatic carbocycles. The Morgan fingerprint density at radius 1 is 1.39 bits per heavy atom. The molecule has 1 aromatic carbocycles. The van der Waals surface area contributed by atoms with Crippen molar-refractivity contribution in [2.75, 3.05) is 0 Å². The van der Waals surface area contributed by atoms with Gasteiger partial charge in [0.25, 0.3) is 0 Å². The number of nitriles is 1. The van der Waals surface area contributed by atoms with Crippen molar-refractivity contribution in [3.05, 3.63) is 63.6 Å². The molecule has 0 unspecified atom stereocenters. The number of aromatic nitrogens is 1. The second kappa shape index (κ2) is 5.75. The van der Waals surface area contributed by atoms with Gasteiger partial charge >= 0.3 is 5.97 Å². The molecule has 5 nitrogen and oxygen atoms in total. The van der Waals surface area contributed by atoms with Crippen molar-refractivity contribution < 1.29 is 9.53 Å². The molecule has 1 aromatic heterocycles. The third kappa shape index (κ3) is 2.65. The van der Waals surface area contributed by atoms with Crippen LogP contribution in [0.5, 0.6) is 0 Å². The molecule has 1 aliphatic heterocycles. The first-order valence-corrected chi connectivity index (χ1v) is 7.23. The molecule has 23 heavy (non-hydrogen) atoms. The maximum Gasteiger partial charge on any atom is 0.363 e. The van der Waals surface area contributed by atoms with Gasteiger partial charge in [-0.25, -0.2) is 9.79 Å². The van der Waals surface area contributed by atoms with Crippen molar-refractivity contribution in [2.45, 2.75) is 6.92 Å². The van der Waals surface area contributed by atoms with Crippen molar-refractivity contribution >= 4 is 29.5 Å². The molecule has 0 bridgehead atoms. The minimum atomic E-state index is -0.540. The molecule has 2 heterocycles. The Bertz CT molecular complexity index is 916. The molecule has 2 aromatic rings. The van der Waals surface area contributed by atoms with Gasteiger partial charge in [-0.2, -0.15) is 5.26 Å². The van der Waals surface area contributed by atoms with Gasteiger partial charge < -0.3 is 9.30 Å². The number of aliphatic imine (C=N–C) groups is 1. The first-order valence-electron chi connectivity index (χ1n) is 6.85. The van der Waals surface area contributed by atoms with Gasteiger partial charge in [0.1, 0.15) is 11.8 Å². The van der Waals surface area contributed by atoms with Crippen LogP contribution < -0.4 is 0 Å². The zero-order valence-electron chi connectivity index (χ0n) is 12.5. The van der Waals surface area contributed by atoms with Crippen LogP contribution in [0.1, 0.15) is 22.5 Å². The summed E-state index contributed by atoms with van der Waals surface area (Å²) in [5.74, 6) is -0.359. The lowest BCUT2D eigenvalue weighted by molar-refractivity contribution is -0.129. The Hall–Kier alpha value is -2.84. The van der Waals surface area contributed by atoms with Crippen LogP contribution in [0.15, 0.2) is 41.0 Å². The number of carbonyl (C=O) groups excluding carboxylic acids is 1. The molecule has 0 saturated carbocycles. The van der Waals surface area contributed by atoms with Crippen LogP contribution in [0, 0.1) is 18.3 Å². The smallest absolute Gasteiger partial charge is 0.363 e. The number of halogens is 1. The van der Waals surface area contributed by atoms with E-state index >= 15 is 0 Å². The van der Waals surface area contributed by atoms with E-state index in [1.165, 1.54) is 0 Å². The van der Waals surface area contributed by atoms with E-state index in [-0.39, 0.29) is 11.6 Å². The number of benzene rings is 1. The van der Waals surface area contributed by atoms with Crippen molar-refractivity contribution in [3.63, 3.8) is 0 Å². The number of hydrogen-bond acceptors (Lipinski definition) is 4. The van der Waals surface area contributed by atoms with Crippen LogP contribution >= 0.6 is 11.6 Å². The first-order chi connectivity index (χ1) is 11.0. The van der Waals surface area contributed by atoms with Gasteiger partial charge in [-0.3, -0.25) is 0 Å². The predicted molar refractivity (Wildman–Crippen MR) is 86.9 cm³/mol. The molecule has 1 aliphatic rings. The van der Waals surface area contributed by atoms with E-state index in [4.69, 9.17) is 21.6 Å². The number of ether oxygens (including phenoxy) is 1. The van der Waals surface area contributed by atoms with Gasteiger partial charge in [-0.15, -0.1) is 0 Å². The molecule has 0 amide bonds. The van der Waals surface area contributed by atoms with Crippen molar-refractivity contribution in [3.8, 4) is 6.07 Å². The Kier molecular flexibility index (Phi) is 3.77. The highest BCUT2D eigenvalue weighted by molar-refractivity contribution is 6.34. The highest BCUT2D eigenvalue weighted by Gasteiger charge is 2.26. The number of esters is 1. The monoisotopic (exact) mass is 325 g/mol. The van der Waals surface area contributed by atoms with Crippen LogP contribution in [-0.4, -0.2) is 16.4 Å². The molecule has 0 saturated heterocycles. The Labute approximate surface area is 138 Å². The van der Waals surface area contributed by atoms with E-state index in [1.807, 2.05) is 6.92 Å². The number of nitrogens with zero attached hydrogens (tertiary/aromatic N) is 3. The third-order valence-electron chi connectivity index (χ3n) is 3.71. The van der Waals surface area contributed by atoms with E-state index in [0.717, 1.165) is 11.3 Å². The molecule has 0 atom stereocenters. The summed E-state index contributed by atoms with van der Waals surface area (Å²) in [6.45, 7) is 1.87. The van der Waals surface area contributed by atoms with Crippen molar-refractivity contribution in [2.24, 2.45) is 12.0 Å². The fourth-order valence-electron chi connectivity index (χ4n) is 2.28. The molecular weight excluding hydrogens is 314 g/mol. The SMILES string of the molecule is Cc1c(/C=C2/N=C(c3ccccc3Cl)OC2=O)cc(C#N)n1C. The van der Waals surface area contributed by atoms with E-state index in [1.54, 1.807) is 48.0 Å². The quantitative estimate of drug-likeness (QED) is 0.629. The summed E-state index contributed by atoms with van der Waals surface area (Å²) in [6.07, 6.45) is 1.61. The van der Waals surface area contributed by atoms with Gasteiger partial charge in [0.2, 0.25) is 5.90 Å². The lowest BCUT2D eigenvalue weighted by Gasteiger charge is -2.00. The van der Waals surface area contributed by atoms with Crippen LogP contribution in [-0.2, 0) is 16.6 Å². The average molecular weight is 326 g/mol. The summed E-state index contributed by atoms with van der Waals surface area (Å²) in [5, 5.41) is 9.53. The van der Waals surface area contributed by atoms with E-state index in [9.17, 15) is 4.79 Å². The molecule has 114 valence electrons.